The SMILES string of the molecule is c1ccc([Si]2(c3ccccc3)c3ccccc3C3(c4ccccc4Sc4ccccc43)c3ccc(-c4ccc(N(c5ccc(-c6cccc7ccccc67)cc5)c5ccc6c(c5)oc5ccccc56)cc4)cc32)cc1. The van der Waals surface area contributed by atoms with Crippen molar-refractivity contribution in [1.29, 1.82) is 0 Å². The van der Waals surface area contributed by atoms with Crippen LogP contribution in [-0.4, -0.2) is 8.07 Å². The second-order valence-electron chi connectivity index (χ2n) is 19.9. The van der Waals surface area contributed by atoms with Gasteiger partial charge in [0, 0.05) is 43.7 Å². The summed E-state index contributed by atoms with van der Waals surface area (Å²) in [6, 6.07) is 106. The molecule has 12 aromatic carbocycles. The summed E-state index contributed by atoms with van der Waals surface area (Å²) < 4.78 is 6.51. The van der Waals surface area contributed by atoms with Crippen LogP contribution in [0.4, 0.5) is 17.1 Å². The number of hydrogen-bond acceptors (Lipinski definition) is 3. The minimum absolute atomic E-state index is 0.544. The first kappa shape index (κ1) is 43.6. The monoisotopic (exact) mass is 989 g/mol. The Bertz CT molecular complexity index is 4250. The van der Waals surface area contributed by atoms with E-state index in [1.807, 2.05) is 17.8 Å². The first-order chi connectivity index (χ1) is 37.2. The second-order valence-corrected chi connectivity index (χ2v) is 24.7. The highest BCUT2D eigenvalue weighted by Crippen LogP contribution is 2.57. The number of fused-ring (bicyclic) bond motifs is 12. The molecule has 0 fully saturated rings. The first-order valence-electron chi connectivity index (χ1n) is 25.8. The summed E-state index contributed by atoms with van der Waals surface area (Å²) in [5, 5.41) is 10.3. The normalized spacial score (nSPS) is 13.8. The molecule has 0 radical (unpaired) electrons. The van der Waals surface area contributed by atoms with Crippen LogP contribution in [0, 0.1) is 0 Å². The van der Waals surface area contributed by atoms with E-state index in [-0.39, 0.29) is 0 Å². The first-order valence-corrected chi connectivity index (χ1v) is 28.6. The summed E-state index contributed by atoms with van der Waals surface area (Å²) in [7, 11) is -3.01. The number of furan rings is 1. The number of benzene rings is 12. The highest BCUT2D eigenvalue weighted by atomic mass is 32.2. The van der Waals surface area contributed by atoms with Crippen LogP contribution in [0.25, 0.3) is 55.0 Å². The summed E-state index contributed by atoms with van der Waals surface area (Å²) >= 11 is 1.90. The van der Waals surface area contributed by atoms with E-state index < -0.39 is 13.5 Å². The topological polar surface area (TPSA) is 16.4 Å². The van der Waals surface area contributed by atoms with Crippen molar-refractivity contribution in [3.8, 4) is 22.3 Å². The molecule has 75 heavy (non-hydrogen) atoms. The molecule has 3 heterocycles. The molecule has 0 unspecified atom stereocenters. The number of nitrogens with zero attached hydrogens (tertiary/aromatic N) is 1. The van der Waals surface area contributed by atoms with Gasteiger partial charge in [-0.1, -0.05) is 236 Å². The Balaban J connectivity index is 0.928. The third-order valence-corrected chi connectivity index (χ3v) is 22.1. The molecule has 1 aromatic heterocycles. The summed E-state index contributed by atoms with van der Waals surface area (Å²) in [5.41, 5.74) is 14.5. The Morgan fingerprint density at radius 3 is 1.56 bits per heavy atom. The Morgan fingerprint density at radius 1 is 0.333 bits per heavy atom. The van der Waals surface area contributed by atoms with Gasteiger partial charge in [0.1, 0.15) is 11.2 Å². The molecule has 0 saturated carbocycles. The molecule has 0 saturated heterocycles. The maximum absolute atomic E-state index is 6.51. The molecule has 352 valence electrons. The van der Waals surface area contributed by atoms with Gasteiger partial charge in [0.15, 0.2) is 8.07 Å². The minimum atomic E-state index is -3.01. The van der Waals surface area contributed by atoms with Crippen molar-refractivity contribution in [1.82, 2.24) is 0 Å². The van der Waals surface area contributed by atoms with E-state index in [0.717, 1.165) is 44.6 Å². The molecule has 2 aliphatic heterocycles. The van der Waals surface area contributed by atoms with Gasteiger partial charge in [0.25, 0.3) is 0 Å². The molecule has 0 aliphatic carbocycles. The molecule has 0 bridgehead atoms. The number of para-hydroxylation sites is 1. The van der Waals surface area contributed by atoms with E-state index in [1.54, 1.807) is 0 Å². The smallest absolute Gasteiger partial charge is 0.180 e. The largest absolute Gasteiger partial charge is 0.456 e. The predicted octanol–water partition coefficient (Wildman–Crippen LogP) is 16.1. The van der Waals surface area contributed by atoms with Crippen molar-refractivity contribution in [2.75, 3.05) is 4.90 Å². The molecule has 0 amide bonds. The van der Waals surface area contributed by atoms with Gasteiger partial charge < -0.3 is 9.32 Å². The third kappa shape index (κ3) is 6.60. The van der Waals surface area contributed by atoms with Gasteiger partial charge in [-0.3, -0.25) is 0 Å². The average Bonchev–Trinajstić information content (AvgIpc) is 3.86. The molecule has 15 rings (SSSR count). The number of rotatable bonds is 7. The van der Waals surface area contributed by atoms with Crippen LogP contribution in [0.5, 0.6) is 0 Å². The van der Waals surface area contributed by atoms with Crippen LogP contribution in [0.2, 0.25) is 0 Å². The van der Waals surface area contributed by atoms with Gasteiger partial charge in [-0.15, -0.1) is 0 Å². The fourth-order valence-corrected chi connectivity index (χ4v) is 19.4. The zero-order valence-electron chi connectivity index (χ0n) is 40.9. The maximum Gasteiger partial charge on any atom is 0.180 e. The van der Waals surface area contributed by atoms with Crippen molar-refractivity contribution >= 4 is 90.4 Å². The molecule has 13 aromatic rings. The van der Waals surface area contributed by atoms with Crippen molar-refractivity contribution < 1.29 is 4.42 Å². The summed E-state index contributed by atoms with van der Waals surface area (Å²) in [6.07, 6.45) is 0. The van der Waals surface area contributed by atoms with E-state index in [9.17, 15) is 0 Å². The molecule has 0 N–H and O–H groups in total. The Hall–Kier alpha value is -8.93. The molecule has 2 aliphatic rings. The van der Waals surface area contributed by atoms with Gasteiger partial charge in [-0.25, -0.2) is 0 Å². The van der Waals surface area contributed by atoms with E-state index in [4.69, 9.17) is 4.42 Å². The lowest BCUT2D eigenvalue weighted by atomic mass is 9.64. The predicted molar refractivity (Wildman–Crippen MR) is 316 cm³/mol. The van der Waals surface area contributed by atoms with E-state index in [2.05, 4.69) is 284 Å². The van der Waals surface area contributed by atoms with Crippen LogP contribution in [0.15, 0.2) is 299 Å². The summed E-state index contributed by atoms with van der Waals surface area (Å²) in [5.74, 6) is 0. The fourth-order valence-electron chi connectivity index (χ4n) is 12.9. The lowest BCUT2D eigenvalue weighted by molar-refractivity contribution is 0.669. The van der Waals surface area contributed by atoms with Gasteiger partial charge in [0.05, 0.1) is 5.41 Å². The van der Waals surface area contributed by atoms with Crippen LogP contribution in [0.3, 0.4) is 0 Å². The van der Waals surface area contributed by atoms with E-state index >= 15 is 0 Å². The standard InChI is InChI=1S/C71H47NOSSi/c1-3-20-55(21-4-1)75(56-22-5-2-6-23-56)69-33-16-12-29-63(69)71(61-27-10-14-31-67(61)74-68-32-15-11-28-62(68)71)64-45-38-51(46-70(64)75)48-34-39-52(40-35-48)72(54-43-44-60-59-25-9-13-30-65(59)73-66(60)47-54)53-41-36-50(37-42-53)58-26-17-19-49-18-7-8-24-57(49)58/h1-47H. The molecule has 4 heteroatoms. The van der Waals surface area contributed by atoms with Crippen LogP contribution >= 0.6 is 11.8 Å². The average molecular weight is 990 g/mol. The molecule has 0 atom stereocenters. The van der Waals surface area contributed by atoms with Crippen LogP contribution < -0.4 is 25.6 Å². The van der Waals surface area contributed by atoms with Crippen molar-refractivity contribution in [2.45, 2.75) is 15.2 Å². The highest BCUT2D eigenvalue weighted by molar-refractivity contribution is 7.99. The number of hydrogen-bond donors (Lipinski definition) is 0. The summed E-state index contributed by atoms with van der Waals surface area (Å²) in [6.45, 7) is 0. The van der Waals surface area contributed by atoms with Gasteiger partial charge in [-0.2, -0.15) is 0 Å². The van der Waals surface area contributed by atoms with E-state index in [1.165, 1.54) is 80.3 Å². The zero-order chi connectivity index (χ0) is 49.5. The van der Waals surface area contributed by atoms with Gasteiger partial charge in [-0.05, 0) is 131 Å². The fraction of sp³-hybridized carbons (Fsp3) is 0.0141. The molecular formula is C71H47NOSSi. The summed E-state index contributed by atoms with van der Waals surface area (Å²) in [4.78, 5) is 4.96. The Morgan fingerprint density at radius 2 is 0.853 bits per heavy atom. The van der Waals surface area contributed by atoms with Crippen LogP contribution in [0.1, 0.15) is 22.3 Å². The van der Waals surface area contributed by atoms with Crippen molar-refractivity contribution in [3.63, 3.8) is 0 Å². The second kappa shape index (κ2) is 17.4. The Kier molecular flexibility index (Phi) is 10.1. The van der Waals surface area contributed by atoms with Gasteiger partial charge in [0.2, 0.25) is 0 Å². The van der Waals surface area contributed by atoms with Gasteiger partial charge >= 0.3 is 0 Å². The molecular weight excluding hydrogens is 943 g/mol. The minimum Gasteiger partial charge on any atom is -0.456 e. The molecule has 2 nitrogen and oxygen atoms in total. The quantitative estimate of drug-likeness (QED) is 0.148. The Labute approximate surface area is 441 Å². The molecule has 1 spiro atoms. The lowest BCUT2D eigenvalue weighted by Gasteiger charge is -2.51. The highest BCUT2D eigenvalue weighted by Gasteiger charge is 2.57. The van der Waals surface area contributed by atoms with E-state index in [0.29, 0.717) is 0 Å². The lowest BCUT2D eigenvalue weighted by Crippen LogP contribution is -2.79. The maximum atomic E-state index is 6.51. The van der Waals surface area contributed by atoms with Crippen molar-refractivity contribution in [2.24, 2.45) is 0 Å². The number of anilines is 3. The third-order valence-electron chi connectivity index (χ3n) is 16.1. The van der Waals surface area contributed by atoms with Crippen molar-refractivity contribution in [3.05, 3.63) is 307 Å². The zero-order valence-corrected chi connectivity index (χ0v) is 42.7. The van der Waals surface area contributed by atoms with Crippen LogP contribution in [-0.2, 0) is 5.41 Å².